The van der Waals surface area contributed by atoms with Crippen LogP contribution in [-0.2, 0) is 9.47 Å². The molecular weight excluding hydrogens is 168 g/mol. The molecule has 0 aliphatic rings. The third-order valence-electron chi connectivity index (χ3n) is 2.07. The largest absolute Gasteiger partial charge is 0.360 e. The molecule has 0 N–H and O–H groups in total. The van der Waals surface area contributed by atoms with E-state index in [1.165, 1.54) is 31.7 Å². The van der Waals surface area contributed by atoms with Crippen LogP contribution in [0.4, 0.5) is 0 Å². The van der Waals surface area contributed by atoms with Gasteiger partial charge >= 0.3 is 0 Å². The first-order valence-corrected chi connectivity index (χ1v) is 6.72. The molecule has 3 heteroatoms. The van der Waals surface area contributed by atoms with Gasteiger partial charge in [-0.25, -0.2) is 0 Å². The highest BCUT2D eigenvalue weighted by Gasteiger charge is 2.03. The van der Waals surface area contributed by atoms with Gasteiger partial charge in [0.05, 0.1) is 9.52 Å². The van der Waals surface area contributed by atoms with Crippen molar-refractivity contribution < 1.29 is 9.47 Å². The van der Waals surface area contributed by atoms with Crippen molar-refractivity contribution in [3.05, 3.63) is 0 Å². The third kappa shape index (κ3) is 6.82. The van der Waals surface area contributed by atoms with Gasteiger partial charge in [0.25, 0.3) is 0 Å². The normalized spacial score (nSPS) is 12.0. The Hall–Kier alpha value is 0.137. The first-order valence-electron chi connectivity index (χ1n) is 4.90. The zero-order valence-corrected chi connectivity index (χ0v) is 10.1. The fourth-order valence-corrected chi connectivity index (χ4v) is 2.69. The lowest BCUT2D eigenvalue weighted by atomic mass is 10.2. The molecule has 0 fully saturated rings. The van der Waals surface area contributed by atoms with Crippen molar-refractivity contribution in [3.63, 3.8) is 0 Å². The Labute approximate surface area is 78.5 Å². The Balaban J connectivity index is 3.06. The SMILES string of the molecule is CCCCCC[SiH2]C(OC)OC. The van der Waals surface area contributed by atoms with Gasteiger partial charge in [0, 0.05) is 14.2 Å². The van der Waals surface area contributed by atoms with Gasteiger partial charge in [-0.05, 0) is 0 Å². The van der Waals surface area contributed by atoms with Crippen LogP contribution in [0, 0.1) is 0 Å². The lowest BCUT2D eigenvalue weighted by Gasteiger charge is -2.11. The molecule has 0 bridgehead atoms. The number of methoxy groups -OCH3 is 2. The fourth-order valence-electron chi connectivity index (χ4n) is 1.25. The van der Waals surface area contributed by atoms with Crippen molar-refractivity contribution in [2.45, 2.75) is 44.6 Å². The molecule has 0 aromatic heterocycles. The van der Waals surface area contributed by atoms with Crippen LogP contribution in [-0.4, -0.2) is 29.7 Å². The first-order chi connectivity index (χ1) is 5.85. The lowest BCUT2D eigenvalue weighted by Crippen LogP contribution is -2.20. The molecule has 0 aromatic carbocycles. The molecule has 0 saturated heterocycles. The van der Waals surface area contributed by atoms with Gasteiger partial charge in [-0.2, -0.15) is 0 Å². The maximum absolute atomic E-state index is 5.15. The molecule has 0 amide bonds. The summed E-state index contributed by atoms with van der Waals surface area (Å²) in [5, 5.41) is 0. The minimum atomic E-state index is -0.147. The summed E-state index contributed by atoms with van der Waals surface area (Å²) in [6.07, 6.45) is 5.44. The van der Waals surface area contributed by atoms with E-state index in [-0.39, 0.29) is 15.4 Å². The van der Waals surface area contributed by atoms with Crippen molar-refractivity contribution in [1.29, 1.82) is 0 Å². The second-order valence-corrected chi connectivity index (χ2v) is 5.05. The van der Waals surface area contributed by atoms with Gasteiger partial charge in [0.1, 0.15) is 5.91 Å². The van der Waals surface area contributed by atoms with Crippen molar-refractivity contribution in [2.75, 3.05) is 14.2 Å². The molecule has 0 aliphatic heterocycles. The zero-order valence-electron chi connectivity index (χ0n) is 8.64. The predicted molar refractivity (Wildman–Crippen MR) is 55.3 cm³/mol. The molecule has 0 aliphatic carbocycles. The van der Waals surface area contributed by atoms with E-state index < -0.39 is 0 Å². The zero-order chi connectivity index (χ0) is 9.23. The van der Waals surface area contributed by atoms with Crippen LogP contribution in [0.1, 0.15) is 32.6 Å². The van der Waals surface area contributed by atoms with Crippen LogP contribution in [0.5, 0.6) is 0 Å². The molecule has 74 valence electrons. The Bertz CT molecular complexity index is 84.6. The monoisotopic (exact) mass is 190 g/mol. The highest BCUT2D eigenvalue weighted by Crippen LogP contribution is 2.04. The van der Waals surface area contributed by atoms with E-state index in [1.807, 2.05) is 0 Å². The second kappa shape index (κ2) is 9.23. The number of ether oxygens (including phenoxy) is 2. The smallest absolute Gasteiger partial charge is 0.134 e. The molecule has 0 unspecified atom stereocenters. The van der Waals surface area contributed by atoms with Gasteiger partial charge in [-0.15, -0.1) is 0 Å². The molecule has 0 spiro atoms. The Kier molecular flexibility index (Phi) is 9.33. The van der Waals surface area contributed by atoms with Gasteiger partial charge in [0.15, 0.2) is 0 Å². The molecule has 12 heavy (non-hydrogen) atoms. The third-order valence-corrected chi connectivity index (χ3v) is 4.12. The Morgan fingerprint density at radius 3 is 2.25 bits per heavy atom. The van der Waals surface area contributed by atoms with Crippen molar-refractivity contribution in [1.82, 2.24) is 0 Å². The van der Waals surface area contributed by atoms with Crippen molar-refractivity contribution >= 4 is 9.52 Å². The van der Waals surface area contributed by atoms with E-state index in [2.05, 4.69) is 6.92 Å². The van der Waals surface area contributed by atoms with E-state index in [0.717, 1.165) is 0 Å². The quantitative estimate of drug-likeness (QED) is 0.330. The number of rotatable bonds is 8. The predicted octanol–water partition coefficient (Wildman–Crippen LogP) is 1.73. The van der Waals surface area contributed by atoms with Gasteiger partial charge in [-0.1, -0.05) is 38.7 Å². The van der Waals surface area contributed by atoms with Crippen LogP contribution in [0.3, 0.4) is 0 Å². The summed E-state index contributed by atoms with van der Waals surface area (Å²) in [4.78, 5) is 0. The molecular formula is C9H22O2Si. The first kappa shape index (κ1) is 12.1. The maximum Gasteiger partial charge on any atom is 0.134 e. The second-order valence-electron chi connectivity index (χ2n) is 3.10. The van der Waals surface area contributed by atoms with E-state index in [1.54, 1.807) is 14.2 Å². The van der Waals surface area contributed by atoms with E-state index >= 15 is 0 Å². The summed E-state index contributed by atoms with van der Waals surface area (Å²) in [5.74, 6) is 0.145. The van der Waals surface area contributed by atoms with Crippen molar-refractivity contribution in [3.8, 4) is 0 Å². The summed E-state index contributed by atoms with van der Waals surface area (Å²) in [6, 6.07) is 1.35. The number of unbranched alkanes of at least 4 members (excludes halogenated alkanes) is 3. The van der Waals surface area contributed by atoms with E-state index in [9.17, 15) is 0 Å². The minimum absolute atomic E-state index is 0.145. The Morgan fingerprint density at radius 1 is 1.08 bits per heavy atom. The fraction of sp³-hybridized carbons (Fsp3) is 1.00. The number of hydrogen-bond donors (Lipinski definition) is 0. The molecule has 0 atom stereocenters. The van der Waals surface area contributed by atoms with E-state index in [0.29, 0.717) is 0 Å². The Morgan fingerprint density at radius 2 is 1.75 bits per heavy atom. The van der Waals surface area contributed by atoms with Crippen LogP contribution in [0.15, 0.2) is 0 Å². The average molecular weight is 190 g/mol. The van der Waals surface area contributed by atoms with Gasteiger partial charge in [0.2, 0.25) is 0 Å². The van der Waals surface area contributed by atoms with Crippen LogP contribution >= 0.6 is 0 Å². The van der Waals surface area contributed by atoms with Crippen molar-refractivity contribution in [2.24, 2.45) is 0 Å². The summed E-state index contributed by atoms with van der Waals surface area (Å²) in [6.45, 7) is 2.24. The highest BCUT2D eigenvalue weighted by atomic mass is 28.2. The van der Waals surface area contributed by atoms with Gasteiger partial charge in [-0.3, -0.25) is 0 Å². The number of hydrogen-bond acceptors (Lipinski definition) is 2. The molecule has 0 radical (unpaired) electrons. The van der Waals surface area contributed by atoms with E-state index in [4.69, 9.17) is 9.47 Å². The molecule has 0 heterocycles. The summed E-state index contributed by atoms with van der Waals surface area (Å²) in [5.41, 5.74) is 0. The standard InChI is InChI=1S/C9H22O2Si/c1-4-5-6-7-8-12-9(10-2)11-3/h9H,4-8,12H2,1-3H3. The summed E-state index contributed by atoms with van der Waals surface area (Å²) in [7, 11) is 3.31. The van der Waals surface area contributed by atoms with Crippen LogP contribution < -0.4 is 0 Å². The summed E-state index contributed by atoms with van der Waals surface area (Å²) < 4.78 is 10.3. The lowest BCUT2D eigenvalue weighted by molar-refractivity contribution is -0.0441. The average Bonchev–Trinajstić information content (AvgIpc) is 2.11. The minimum Gasteiger partial charge on any atom is -0.360 e. The molecule has 0 saturated carbocycles. The highest BCUT2D eigenvalue weighted by molar-refractivity contribution is 6.36. The maximum atomic E-state index is 5.15. The van der Waals surface area contributed by atoms with Gasteiger partial charge < -0.3 is 9.47 Å². The van der Waals surface area contributed by atoms with Crippen LogP contribution in [0.25, 0.3) is 0 Å². The molecule has 0 aromatic rings. The summed E-state index contributed by atoms with van der Waals surface area (Å²) >= 11 is 0. The van der Waals surface area contributed by atoms with Crippen LogP contribution in [0.2, 0.25) is 6.04 Å². The molecule has 2 nitrogen and oxygen atoms in total. The molecule has 0 rings (SSSR count). The topological polar surface area (TPSA) is 18.5 Å².